The minimum Gasteiger partial charge on any atom is -0.389 e. The molecule has 0 aliphatic carbocycles. The maximum atomic E-state index is 12.9. The van der Waals surface area contributed by atoms with Crippen molar-refractivity contribution in [2.24, 2.45) is 0 Å². The third kappa shape index (κ3) is 3.40. The molecule has 7 heteroatoms. The van der Waals surface area contributed by atoms with Crippen LogP contribution in [-0.4, -0.2) is 21.6 Å². The molecule has 96 valence electrons. The molecule has 0 radical (unpaired) electrons. The van der Waals surface area contributed by atoms with Crippen LogP contribution in [0.3, 0.4) is 0 Å². The van der Waals surface area contributed by atoms with Crippen molar-refractivity contribution in [2.75, 3.05) is 5.33 Å². The Labute approximate surface area is 103 Å². The van der Waals surface area contributed by atoms with Gasteiger partial charge in [0.05, 0.1) is 11.7 Å². The normalized spacial score (nSPS) is 15.7. The van der Waals surface area contributed by atoms with Crippen molar-refractivity contribution < 1.29 is 27.8 Å². The zero-order valence-corrected chi connectivity index (χ0v) is 9.96. The van der Waals surface area contributed by atoms with E-state index in [4.69, 9.17) is 0 Å². The van der Waals surface area contributed by atoms with E-state index < -0.39 is 35.3 Å². The Morgan fingerprint density at radius 2 is 1.82 bits per heavy atom. The molecule has 0 amide bonds. The van der Waals surface area contributed by atoms with E-state index in [1.165, 1.54) is 0 Å². The zero-order valence-electron chi connectivity index (χ0n) is 8.38. The first-order valence-electron chi connectivity index (χ1n) is 4.56. The number of benzene rings is 1. The molecule has 2 nitrogen and oxygen atoms in total. The fourth-order valence-corrected chi connectivity index (χ4v) is 1.68. The van der Waals surface area contributed by atoms with Crippen LogP contribution < -0.4 is 0 Å². The van der Waals surface area contributed by atoms with E-state index in [2.05, 4.69) is 15.9 Å². The molecule has 2 unspecified atom stereocenters. The predicted molar refractivity (Wildman–Crippen MR) is 56.2 cm³/mol. The summed E-state index contributed by atoms with van der Waals surface area (Å²) < 4.78 is 50.6. The van der Waals surface area contributed by atoms with Gasteiger partial charge in [0.1, 0.15) is 11.9 Å². The molecule has 1 rings (SSSR count). The van der Waals surface area contributed by atoms with Gasteiger partial charge in [0.2, 0.25) is 0 Å². The van der Waals surface area contributed by atoms with E-state index in [1.807, 2.05) is 0 Å². The van der Waals surface area contributed by atoms with Crippen molar-refractivity contribution in [3.8, 4) is 0 Å². The highest BCUT2D eigenvalue weighted by Gasteiger charge is 2.36. The van der Waals surface area contributed by atoms with Crippen LogP contribution in [0.5, 0.6) is 0 Å². The summed E-state index contributed by atoms with van der Waals surface area (Å²) in [7, 11) is 0. The average Bonchev–Trinajstić information content (AvgIpc) is 2.25. The molecule has 2 N–H and O–H groups in total. The van der Waals surface area contributed by atoms with Crippen molar-refractivity contribution in [1.29, 1.82) is 0 Å². The van der Waals surface area contributed by atoms with Gasteiger partial charge in [-0.15, -0.1) is 0 Å². The first-order chi connectivity index (χ1) is 7.77. The number of hydrogen-bond donors (Lipinski definition) is 2. The van der Waals surface area contributed by atoms with Crippen LogP contribution >= 0.6 is 15.9 Å². The minimum atomic E-state index is -4.71. The van der Waals surface area contributed by atoms with Gasteiger partial charge in [-0.2, -0.15) is 13.2 Å². The Morgan fingerprint density at radius 3 is 2.29 bits per heavy atom. The number of hydrogen-bond acceptors (Lipinski definition) is 2. The van der Waals surface area contributed by atoms with E-state index in [-0.39, 0.29) is 5.33 Å². The summed E-state index contributed by atoms with van der Waals surface area (Å²) in [6.45, 7) is 0. The monoisotopic (exact) mass is 316 g/mol. The Morgan fingerprint density at radius 1 is 1.24 bits per heavy atom. The standard InChI is InChI=1S/C10H9BrF4O2/c11-4-8(16)9(17)6-3-5(12)1-2-7(6)10(13,14)15/h1-3,8-9,16-17H,4H2. The Bertz CT molecular complexity index is 394. The molecule has 0 aromatic heterocycles. The van der Waals surface area contributed by atoms with E-state index >= 15 is 0 Å². The summed E-state index contributed by atoms with van der Waals surface area (Å²) in [6.07, 6.45) is -7.96. The summed E-state index contributed by atoms with van der Waals surface area (Å²) in [5, 5.41) is 18.7. The van der Waals surface area contributed by atoms with Crippen LogP contribution in [0.15, 0.2) is 18.2 Å². The number of rotatable bonds is 3. The highest BCUT2D eigenvalue weighted by Crippen LogP contribution is 2.36. The highest BCUT2D eigenvalue weighted by atomic mass is 79.9. The fourth-order valence-electron chi connectivity index (χ4n) is 1.33. The molecule has 0 saturated heterocycles. The predicted octanol–water partition coefficient (Wildman–Crippen LogP) is 2.63. The fraction of sp³-hybridized carbons (Fsp3) is 0.400. The van der Waals surface area contributed by atoms with Crippen LogP contribution in [-0.2, 0) is 6.18 Å². The molecule has 1 aromatic carbocycles. The second-order valence-electron chi connectivity index (χ2n) is 3.40. The van der Waals surface area contributed by atoms with E-state index in [1.54, 1.807) is 0 Å². The summed E-state index contributed by atoms with van der Waals surface area (Å²) in [4.78, 5) is 0. The zero-order chi connectivity index (χ0) is 13.2. The lowest BCUT2D eigenvalue weighted by Gasteiger charge is -2.20. The van der Waals surface area contributed by atoms with Gasteiger partial charge in [-0.05, 0) is 23.8 Å². The van der Waals surface area contributed by atoms with Gasteiger partial charge >= 0.3 is 6.18 Å². The summed E-state index contributed by atoms with van der Waals surface area (Å²) >= 11 is 2.82. The minimum absolute atomic E-state index is 0.123. The third-order valence-electron chi connectivity index (χ3n) is 2.16. The third-order valence-corrected chi connectivity index (χ3v) is 2.82. The molecule has 0 bridgehead atoms. The van der Waals surface area contributed by atoms with Crippen molar-refractivity contribution >= 4 is 15.9 Å². The van der Waals surface area contributed by atoms with Crippen LogP contribution in [0, 0.1) is 5.82 Å². The number of aliphatic hydroxyl groups is 2. The van der Waals surface area contributed by atoms with E-state index in [0.717, 1.165) is 0 Å². The average molecular weight is 317 g/mol. The topological polar surface area (TPSA) is 40.5 Å². The highest BCUT2D eigenvalue weighted by molar-refractivity contribution is 9.09. The first kappa shape index (κ1) is 14.4. The van der Waals surface area contributed by atoms with Crippen molar-refractivity contribution in [2.45, 2.75) is 18.4 Å². The van der Waals surface area contributed by atoms with Gasteiger partial charge in [-0.25, -0.2) is 4.39 Å². The Balaban J connectivity index is 3.25. The first-order valence-corrected chi connectivity index (χ1v) is 5.68. The largest absolute Gasteiger partial charge is 0.416 e. The Hall–Kier alpha value is -0.660. The lowest BCUT2D eigenvalue weighted by molar-refractivity contribution is -0.139. The molecule has 0 aliphatic heterocycles. The van der Waals surface area contributed by atoms with Gasteiger partial charge in [0.25, 0.3) is 0 Å². The number of halogens is 5. The van der Waals surface area contributed by atoms with Crippen LogP contribution in [0.4, 0.5) is 17.6 Å². The smallest absolute Gasteiger partial charge is 0.389 e. The van der Waals surface area contributed by atoms with E-state index in [0.29, 0.717) is 18.2 Å². The SMILES string of the molecule is OC(CBr)C(O)c1cc(F)ccc1C(F)(F)F. The number of alkyl halides is 4. The molecule has 2 atom stereocenters. The second kappa shape index (κ2) is 5.32. The van der Waals surface area contributed by atoms with Crippen molar-refractivity contribution in [3.05, 3.63) is 35.1 Å². The van der Waals surface area contributed by atoms with E-state index in [9.17, 15) is 27.8 Å². The molecule has 17 heavy (non-hydrogen) atoms. The van der Waals surface area contributed by atoms with Crippen molar-refractivity contribution in [3.63, 3.8) is 0 Å². The molecule has 0 saturated carbocycles. The number of aliphatic hydroxyl groups excluding tert-OH is 2. The second-order valence-corrected chi connectivity index (χ2v) is 4.04. The van der Waals surface area contributed by atoms with Gasteiger partial charge in [0, 0.05) is 5.33 Å². The molecule has 0 heterocycles. The molecule has 1 aromatic rings. The van der Waals surface area contributed by atoms with Crippen LogP contribution in [0.25, 0.3) is 0 Å². The molecule has 0 spiro atoms. The maximum Gasteiger partial charge on any atom is 0.416 e. The maximum absolute atomic E-state index is 12.9. The quantitative estimate of drug-likeness (QED) is 0.665. The molecular weight excluding hydrogens is 308 g/mol. The van der Waals surface area contributed by atoms with Crippen molar-refractivity contribution in [1.82, 2.24) is 0 Å². The molecule has 0 fully saturated rings. The summed E-state index contributed by atoms with van der Waals surface area (Å²) in [6, 6.07) is 1.76. The summed E-state index contributed by atoms with van der Waals surface area (Å²) in [5.74, 6) is -0.908. The van der Waals surface area contributed by atoms with Gasteiger partial charge in [-0.1, -0.05) is 15.9 Å². The van der Waals surface area contributed by atoms with Crippen LogP contribution in [0.1, 0.15) is 17.2 Å². The van der Waals surface area contributed by atoms with Crippen LogP contribution in [0.2, 0.25) is 0 Å². The van der Waals surface area contributed by atoms with Gasteiger partial charge < -0.3 is 10.2 Å². The summed E-state index contributed by atoms with van der Waals surface area (Å²) in [5.41, 5.74) is -1.84. The molecular formula is C10H9BrF4O2. The Kier molecular flexibility index (Phi) is 4.51. The van der Waals surface area contributed by atoms with Gasteiger partial charge in [0.15, 0.2) is 0 Å². The molecule has 0 aliphatic rings. The lowest BCUT2D eigenvalue weighted by atomic mass is 9.98. The van der Waals surface area contributed by atoms with Gasteiger partial charge in [-0.3, -0.25) is 0 Å². The lowest BCUT2D eigenvalue weighted by Crippen LogP contribution is -2.23.